The summed E-state index contributed by atoms with van der Waals surface area (Å²) in [6.45, 7) is 3.38. The van der Waals surface area contributed by atoms with Crippen LogP contribution in [-0.2, 0) is 14.8 Å². The van der Waals surface area contributed by atoms with Crippen LogP contribution < -0.4 is 10.5 Å². The zero-order chi connectivity index (χ0) is 15.6. The monoisotopic (exact) mass is 356 g/mol. The van der Waals surface area contributed by atoms with E-state index in [4.69, 9.17) is 17.3 Å². The summed E-state index contributed by atoms with van der Waals surface area (Å²) >= 11 is 5.79. The number of carbonyl (C=O) groups excluding carboxylic acids is 1. The van der Waals surface area contributed by atoms with Crippen LogP contribution in [0.2, 0.25) is 5.02 Å². The number of carbonyl (C=O) groups is 1. The van der Waals surface area contributed by atoms with E-state index < -0.39 is 21.5 Å². The quantitative estimate of drug-likeness (QED) is 0.780. The van der Waals surface area contributed by atoms with Crippen molar-refractivity contribution >= 4 is 40.0 Å². The molecule has 21 heavy (non-hydrogen) atoms. The molecule has 0 bridgehead atoms. The second-order valence-electron chi connectivity index (χ2n) is 4.83. The van der Waals surface area contributed by atoms with Crippen LogP contribution in [0.25, 0.3) is 0 Å². The van der Waals surface area contributed by atoms with Crippen molar-refractivity contribution in [3.8, 4) is 0 Å². The zero-order valence-electron chi connectivity index (χ0n) is 11.8. The first-order valence-corrected chi connectivity index (χ1v) is 7.61. The largest absolute Gasteiger partial charge is 0.465 e. The highest BCUT2D eigenvalue weighted by atomic mass is 35.5. The topological polar surface area (TPSA) is 98.5 Å². The average Bonchev–Trinajstić information content (AvgIpc) is 2.36. The predicted molar refractivity (Wildman–Crippen MR) is 83.5 cm³/mol. The van der Waals surface area contributed by atoms with Gasteiger partial charge in [-0.05, 0) is 32.0 Å². The van der Waals surface area contributed by atoms with E-state index in [-0.39, 0.29) is 34.4 Å². The highest BCUT2D eigenvalue weighted by Crippen LogP contribution is 2.22. The Hall–Kier alpha value is -0.860. The van der Waals surface area contributed by atoms with E-state index >= 15 is 0 Å². The molecular formula is C12H18Cl2N2O4S. The summed E-state index contributed by atoms with van der Waals surface area (Å²) in [5, 5.41) is 0.238. The number of esters is 1. The van der Waals surface area contributed by atoms with E-state index in [9.17, 15) is 13.2 Å². The summed E-state index contributed by atoms with van der Waals surface area (Å²) in [6, 6.07) is 3.89. The van der Waals surface area contributed by atoms with Crippen LogP contribution in [0.1, 0.15) is 24.2 Å². The molecule has 0 radical (unpaired) electrons. The first-order chi connectivity index (χ1) is 9.13. The Bertz CT molecular complexity index is 618. The summed E-state index contributed by atoms with van der Waals surface area (Å²) in [4.78, 5) is 11.5. The number of nitrogens with two attached hydrogens (primary N) is 1. The number of hydrogen-bond donors (Lipinski definition) is 2. The van der Waals surface area contributed by atoms with E-state index in [0.29, 0.717) is 0 Å². The summed E-state index contributed by atoms with van der Waals surface area (Å²) in [5.74, 6) is -0.779. The highest BCUT2D eigenvalue weighted by Gasteiger charge is 2.29. The highest BCUT2D eigenvalue weighted by molar-refractivity contribution is 7.89. The van der Waals surface area contributed by atoms with Gasteiger partial charge in [0.05, 0.1) is 17.6 Å². The molecule has 0 aliphatic carbocycles. The lowest BCUT2D eigenvalue weighted by Gasteiger charge is -2.24. The molecule has 0 aromatic heterocycles. The number of sulfonamides is 1. The minimum absolute atomic E-state index is 0. The molecule has 120 valence electrons. The molecule has 0 saturated carbocycles. The van der Waals surface area contributed by atoms with Gasteiger partial charge in [-0.25, -0.2) is 17.9 Å². The molecule has 3 N–H and O–H groups in total. The molecule has 1 rings (SSSR count). The lowest BCUT2D eigenvalue weighted by Crippen LogP contribution is -2.48. The fraction of sp³-hybridized carbons (Fsp3) is 0.417. The lowest BCUT2D eigenvalue weighted by molar-refractivity contribution is 0.0596. The number of ether oxygens (including phenoxy) is 1. The van der Waals surface area contributed by atoms with Crippen molar-refractivity contribution in [2.24, 2.45) is 5.73 Å². The van der Waals surface area contributed by atoms with Gasteiger partial charge in [0.1, 0.15) is 0 Å². The normalized spacial score (nSPS) is 11.7. The Morgan fingerprint density at radius 3 is 2.48 bits per heavy atom. The molecule has 0 aliphatic heterocycles. The second-order valence-corrected chi connectivity index (χ2v) is 6.91. The SMILES string of the molecule is COC(=O)c1cc(Cl)ccc1S(=O)(=O)NC(C)(C)CN.Cl. The van der Waals surface area contributed by atoms with Crippen molar-refractivity contribution in [1.29, 1.82) is 0 Å². The van der Waals surface area contributed by atoms with Crippen LogP contribution in [0, 0.1) is 0 Å². The molecule has 9 heteroatoms. The fourth-order valence-electron chi connectivity index (χ4n) is 1.47. The van der Waals surface area contributed by atoms with Gasteiger partial charge in [0.15, 0.2) is 0 Å². The number of nitrogens with one attached hydrogen (secondary N) is 1. The van der Waals surface area contributed by atoms with E-state index in [1.165, 1.54) is 18.2 Å². The molecule has 0 atom stereocenters. The van der Waals surface area contributed by atoms with Gasteiger partial charge >= 0.3 is 5.97 Å². The molecule has 0 unspecified atom stereocenters. The Balaban J connectivity index is 0.00000400. The van der Waals surface area contributed by atoms with E-state index in [0.717, 1.165) is 7.11 Å². The molecule has 0 fully saturated rings. The first kappa shape index (κ1) is 20.1. The van der Waals surface area contributed by atoms with Crippen molar-refractivity contribution in [1.82, 2.24) is 4.72 Å². The number of hydrogen-bond acceptors (Lipinski definition) is 5. The third-order valence-electron chi connectivity index (χ3n) is 2.56. The molecular weight excluding hydrogens is 339 g/mol. The van der Waals surface area contributed by atoms with Crippen molar-refractivity contribution in [3.05, 3.63) is 28.8 Å². The molecule has 0 spiro atoms. The third kappa shape index (κ3) is 5.12. The first-order valence-electron chi connectivity index (χ1n) is 5.75. The van der Waals surface area contributed by atoms with E-state index in [1.807, 2.05) is 0 Å². The Kier molecular flexibility index (Phi) is 7.11. The molecule has 0 aliphatic rings. The summed E-state index contributed by atoms with van der Waals surface area (Å²) < 4.78 is 31.7. The lowest BCUT2D eigenvalue weighted by atomic mass is 10.1. The minimum atomic E-state index is -3.92. The fourth-order valence-corrected chi connectivity index (χ4v) is 3.24. The van der Waals surface area contributed by atoms with Gasteiger partial charge < -0.3 is 10.5 Å². The molecule has 6 nitrogen and oxygen atoms in total. The van der Waals surface area contributed by atoms with Crippen LogP contribution >= 0.6 is 24.0 Å². The standard InChI is InChI=1S/C12H17ClN2O4S.ClH/c1-12(2,7-14)15-20(17,18)10-5-4-8(13)6-9(10)11(16)19-3;/h4-6,15H,7,14H2,1-3H3;1H. The van der Waals surface area contributed by atoms with Crippen molar-refractivity contribution < 1.29 is 17.9 Å². The van der Waals surface area contributed by atoms with Gasteiger partial charge in [-0.15, -0.1) is 12.4 Å². The third-order valence-corrected chi connectivity index (χ3v) is 4.55. The van der Waals surface area contributed by atoms with Crippen molar-refractivity contribution in [2.75, 3.05) is 13.7 Å². The van der Waals surface area contributed by atoms with Crippen molar-refractivity contribution in [3.63, 3.8) is 0 Å². The Labute approximate surface area is 135 Å². The summed E-state index contributed by atoms with van der Waals surface area (Å²) in [5.41, 5.74) is 4.53. The zero-order valence-corrected chi connectivity index (χ0v) is 14.2. The second kappa shape index (κ2) is 7.42. The number of benzene rings is 1. The van der Waals surface area contributed by atoms with Crippen molar-refractivity contribution in [2.45, 2.75) is 24.3 Å². The minimum Gasteiger partial charge on any atom is -0.465 e. The maximum atomic E-state index is 12.3. The van der Waals surface area contributed by atoms with Crippen LogP contribution in [0.15, 0.2) is 23.1 Å². The van der Waals surface area contributed by atoms with Gasteiger partial charge in [0.25, 0.3) is 0 Å². The summed E-state index contributed by atoms with van der Waals surface area (Å²) in [6.07, 6.45) is 0. The molecule has 1 aromatic rings. The Morgan fingerprint density at radius 1 is 1.43 bits per heavy atom. The molecule has 0 heterocycles. The molecule has 0 saturated heterocycles. The van der Waals surface area contributed by atoms with E-state index in [2.05, 4.69) is 9.46 Å². The van der Waals surface area contributed by atoms with Gasteiger partial charge in [0, 0.05) is 17.1 Å². The van der Waals surface area contributed by atoms with E-state index in [1.54, 1.807) is 13.8 Å². The number of halogens is 2. The maximum absolute atomic E-state index is 12.3. The van der Waals surface area contributed by atoms with Crippen LogP contribution in [-0.4, -0.2) is 33.6 Å². The van der Waals surface area contributed by atoms with Gasteiger partial charge in [-0.2, -0.15) is 0 Å². The predicted octanol–water partition coefficient (Wildman–Crippen LogP) is 1.56. The smallest absolute Gasteiger partial charge is 0.339 e. The van der Waals surface area contributed by atoms with Crippen LogP contribution in [0.4, 0.5) is 0 Å². The molecule has 1 aromatic carbocycles. The average molecular weight is 357 g/mol. The number of methoxy groups -OCH3 is 1. The number of rotatable bonds is 5. The van der Waals surface area contributed by atoms with Crippen LogP contribution in [0.3, 0.4) is 0 Å². The maximum Gasteiger partial charge on any atom is 0.339 e. The van der Waals surface area contributed by atoms with Gasteiger partial charge in [-0.3, -0.25) is 0 Å². The van der Waals surface area contributed by atoms with Gasteiger partial charge in [-0.1, -0.05) is 11.6 Å². The molecule has 0 amide bonds. The summed E-state index contributed by atoms with van der Waals surface area (Å²) in [7, 11) is -2.76. The van der Waals surface area contributed by atoms with Crippen LogP contribution in [0.5, 0.6) is 0 Å². The van der Waals surface area contributed by atoms with Gasteiger partial charge in [0.2, 0.25) is 10.0 Å². The Morgan fingerprint density at radius 2 is 2.00 bits per heavy atom.